The average molecular weight is 703 g/mol. The van der Waals surface area contributed by atoms with Crippen LogP contribution in [0.5, 0.6) is 5.75 Å². The zero-order valence-electron chi connectivity index (χ0n) is 27.2. The smallest absolute Gasteiger partial charge is 0.280 e. The van der Waals surface area contributed by atoms with E-state index >= 15 is 0 Å². The first-order chi connectivity index (χ1) is 23.5. The van der Waals surface area contributed by atoms with Gasteiger partial charge >= 0.3 is 0 Å². The lowest BCUT2D eigenvalue weighted by atomic mass is 10.0. The van der Waals surface area contributed by atoms with Crippen molar-refractivity contribution in [2.75, 3.05) is 50.9 Å². The summed E-state index contributed by atoms with van der Waals surface area (Å²) < 4.78 is 5.95. The van der Waals surface area contributed by atoms with E-state index in [0.29, 0.717) is 32.0 Å². The number of halogens is 1. The number of nitrogens with one attached hydrogen (secondary N) is 3. The van der Waals surface area contributed by atoms with Crippen molar-refractivity contribution in [3.05, 3.63) is 76.6 Å². The summed E-state index contributed by atoms with van der Waals surface area (Å²) in [5.74, 6) is -0.543. The number of anilines is 2. The Morgan fingerprint density at radius 2 is 1.53 bits per heavy atom. The fourth-order valence-corrected chi connectivity index (χ4v) is 5.05. The van der Waals surface area contributed by atoms with Gasteiger partial charge in [-0.05, 0) is 61.9 Å². The monoisotopic (exact) mass is 702 g/mol. The molecule has 0 aliphatic heterocycles. The third-order valence-electron chi connectivity index (χ3n) is 7.71. The molecule has 2 aromatic carbocycles. The number of hydrogen-bond donors (Lipinski definition) is 10. The summed E-state index contributed by atoms with van der Waals surface area (Å²) in [7, 11) is 0. The van der Waals surface area contributed by atoms with Gasteiger partial charge in [-0.3, -0.25) is 20.4 Å². The molecule has 0 aliphatic rings. The van der Waals surface area contributed by atoms with Crippen molar-refractivity contribution in [1.29, 1.82) is 5.41 Å². The van der Waals surface area contributed by atoms with Crippen molar-refractivity contribution >= 4 is 35.1 Å². The van der Waals surface area contributed by atoms with Gasteiger partial charge < -0.3 is 47.1 Å². The number of nitrogens with two attached hydrogens (primary N) is 2. The Bertz CT molecular complexity index is 1450. The molecule has 0 radical (unpaired) electrons. The van der Waals surface area contributed by atoms with E-state index in [9.17, 15) is 25.2 Å². The molecule has 0 aliphatic carbocycles. The Hall–Kier alpha value is -4.09. The fraction of sp³-hybridized carbons (Fsp3) is 0.455. The second-order valence-corrected chi connectivity index (χ2v) is 11.9. The topological polar surface area (TPSA) is 256 Å². The Labute approximate surface area is 290 Å². The summed E-state index contributed by atoms with van der Waals surface area (Å²) in [6.45, 7) is 1.11. The average Bonchev–Trinajstić information content (AvgIpc) is 3.09. The number of benzene rings is 2. The summed E-state index contributed by atoms with van der Waals surface area (Å²) in [6.07, 6.45) is -2.25. The van der Waals surface area contributed by atoms with E-state index in [1.54, 1.807) is 0 Å². The number of amides is 1. The van der Waals surface area contributed by atoms with Crippen LogP contribution in [0.25, 0.3) is 0 Å². The molecule has 1 aromatic heterocycles. The maximum Gasteiger partial charge on any atom is 0.280 e. The SMILES string of the molecule is N=C(NCCCCc1ccc(OCCN(CCCc2ccccc2)CC(O)C(O)C(O)C(O)CO)cc1)NC(=O)c1nc(Cl)c(N)nc1N. The van der Waals surface area contributed by atoms with Crippen molar-refractivity contribution in [2.24, 2.45) is 0 Å². The summed E-state index contributed by atoms with van der Waals surface area (Å²) in [4.78, 5) is 21.8. The normalized spacial score (nSPS) is 13.8. The number of carbonyl (C=O) groups is 1. The Balaban J connectivity index is 1.39. The zero-order chi connectivity index (χ0) is 35.8. The van der Waals surface area contributed by atoms with Gasteiger partial charge in [0.25, 0.3) is 5.91 Å². The van der Waals surface area contributed by atoms with E-state index in [1.807, 2.05) is 59.5 Å². The highest BCUT2D eigenvalue weighted by Crippen LogP contribution is 2.17. The van der Waals surface area contributed by atoms with Gasteiger partial charge in [-0.15, -0.1) is 0 Å². The van der Waals surface area contributed by atoms with E-state index < -0.39 is 36.9 Å². The van der Waals surface area contributed by atoms with Crippen molar-refractivity contribution in [3.8, 4) is 5.75 Å². The van der Waals surface area contributed by atoms with E-state index in [4.69, 9.17) is 38.3 Å². The minimum atomic E-state index is -1.68. The molecular weight excluding hydrogens is 656 g/mol. The molecule has 0 fully saturated rings. The van der Waals surface area contributed by atoms with Gasteiger partial charge in [0, 0.05) is 19.6 Å². The predicted octanol–water partition coefficient (Wildman–Crippen LogP) is 0.321. The summed E-state index contributed by atoms with van der Waals surface area (Å²) in [5.41, 5.74) is 13.3. The molecule has 3 rings (SSSR count). The third-order valence-corrected chi connectivity index (χ3v) is 7.98. The summed E-state index contributed by atoms with van der Waals surface area (Å²) >= 11 is 5.81. The predicted molar refractivity (Wildman–Crippen MR) is 186 cm³/mol. The third kappa shape index (κ3) is 13.4. The molecule has 3 aromatic rings. The molecule has 0 bridgehead atoms. The number of hydrogen-bond acceptors (Lipinski definition) is 13. The quantitative estimate of drug-likeness (QED) is 0.0433. The number of rotatable bonds is 20. The van der Waals surface area contributed by atoms with Gasteiger partial charge in [-0.2, -0.15) is 0 Å². The van der Waals surface area contributed by atoms with Crippen LogP contribution in [0.1, 0.15) is 40.9 Å². The number of aromatic nitrogens is 2. The standard InChI is InChI=1S/C33H47ClN8O7/c34-29-31(36)40-30(35)26(39-29)32(48)41-33(37)38-15-5-4-9-22-11-13-23(14-12-22)49-18-17-42(16-6-10-21-7-2-1-3-8-21)19-24(44)27(46)28(47)25(45)20-43/h1-3,7-8,11-14,24-25,27-28,43-47H,4-6,9-10,15-20H2,(H4,35,36,40)(H3,37,38,41,48). The van der Waals surface area contributed by atoms with Crippen LogP contribution in [-0.2, 0) is 12.8 Å². The first kappa shape index (κ1) is 39.3. The Morgan fingerprint density at radius 1 is 0.878 bits per heavy atom. The van der Waals surface area contributed by atoms with Crippen LogP contribution in [0.2, 0.25) is 5.15 Å². The first-order valence-corrected chi connectivity index (χ1v) is 16.4. The van der Waals surface area contributed by atoms with E-state index in [-0.39, 0.29) is 35.0 Å². The van der Waals surface area contributed by atoms with Crippen molar-refractivity contribution in [3.63, 3.8) is 0 Å². The minimum absolute atomic E-state index is 0.0366. The lowest BCUT2D eigenvalue weighted by Gasteiger charge is -2.30. The number of unbranched alkanes of at least 4 members (excludes halogenated alkanes) is 1. The number of nitrogen functional groups attached to an aromatic ring is 2. The molecular formula is C33H47ClN8O7. The number of aryl methyl sites for hydroxylation is 2. The molecule has 16 heteroatoms. The van der Waals surface area contributed by atoms with Gasteiger partial charge in [0.05, 0.1) is 12.7 Å². The Morgan fingerprint density at radius 3 is 2.22 bits per heavy atom. The summed E-state index contributed by atoms with van der Waals surface area (Å²) in [5, 5.41) is 62.6. The zero-order valence-corrected chi connectivity index (χ0v) is 28.0. The molecule has 4 atom stereocenters. The maximum atomic E-state index is 12.3. The van der Waals surface area contributed by atoms with Crippen LogP contribution in [0.3, 0.4) is 0 Å². The molecule has 12 N–H and O–H groups in total. The molecule has 268 valence electrons. The number of guanidine groups is 1. The van der Waals surface area contributed by atoms with Gasteiger partial charge in [0.2, 0.25) is 0 Å². The van der Waals surface area contributed by atoms with Crippen LogP contribution in [0.15, 0.2) is 54.6 Å². The first-order valence-electron chi connectivity index (χ1n) is 16.0. The number of nitrogens with zero attached hydrogens (tertiary/aromatic N) is 3. The second kappa shape index (κ2) is 20.4. The van der Waals surface area contributed by atoms with Crippen LogP contribution >= 0.6 is 11.6 Å². The highest BCUT2D eigenvalue weighted by atomic mass is 35.5. The molecule has 0 spiro atoms. The highest BCUT2D eigenvalue weighted by molar-refractivity contribution is 6.31. The molecule has 0 saturated carbocycles. The van der Waals surface area contributed by atoms with Crippen molar-refractivity contribution < 1.29 is 35.1 Å². The van der Waals surface area contributed by atoms with E-state index in [0.717, 1.165) is 37.7 Å². The highest BCUT2D eigenvalue weighted by Gasteiger charge is 2.31. The molecule has 1 amide bonds. The molecule has 49 heavy (non-hydrogen) atoms. The van der Waals surface area contributed by atoms with Crippen LogP contribution in [0, 0.1) is 5.41 Å². The van der Waals surface area contributed by atoms with Crippen LogP contribution in [0.4, 0.5) is 11.6 Å². The minimum Gasteiger partial charge on any atom is -0.492 e. The van der Waals surface area contributed by atoms with Crippen molar-refractivity contribution in [1.82, 2.24) is 25.5 Å². The maximum absolute atomic E-state index is 12.3. The fourth-order valence-electron chi connectivity index (χ4n) is 4.92. The summed E-state index contributed by atoms with van der Waals surface area (Å²) in [6, 6.07) is 17.7. The lowest BCUT2D eigenvalue weighted by molar-refractivity contribution is -0.119. The molecule has 15 nitrogen and oxygen atoms in total. The number of ether oxygens (including phenoxy) is 1. The Kier molecular flexibility index (Phi) is 16.4. The van der Waals surface area contributed by atoms with Gasteiger partial charge in [0.15, 0.2) is 28.4 Å². The van der Waals surface area contributed by atoms with Crippen LogP contribution < -0.4 is 26.8 Å². The number of aliphatic hydroxyl groups excluding tert-OH is 5. The number of carbonyl (C=O) groups excluding carboxylic acids is 1. The molecule has 0 saturated heterocycles. The van der Waals surface area contributed by atoms with E-state index in [2.05, 4.69) is 20.6 Å². The van der Waals surface area contributed by atoms with Gasteiger partial charge in [0.1, 0.15) is 30.7 Å². The molecule has 1 heterocycles. The second-order valence-electron chi connectivity index (χ2n) is 11.5. The largest absolute Gasteiger partial charge is 0.492 e. The molecule has 4 unspecified atom stereocenters. The van der Waals surface area contributed by atoms with Crippen LogP contribution in [-0.4, -0.2) is 116 Å². The number of aliphatic hydroxyl groups is 5. The lowest BCUT2D eigenvalue weighted by Crippen LogP contribution is -2.50. The van der Waals surface area contributed by atoms with E-state index in [1.165, 1.54) is 5.56 Å². The van der Waals surface area contributed by atoms with Crippen molar-refractivity contribution in [2.45, 2.75) is 56.5 Å². The van der Waals surface area contributed by atoms with Gasteiger partial charge in [-0.1, -0.05) is 54.1 Å². The van der Waals surface area contributed by atoms with Gasteiger partial charge in [-0.25, -0.2) is 9.97 Å².